The zero-order valence-corrected chi connectivity index (χ0v) is 16.0. The highest BCUT2D eigenvalue weighted by Crippen LogP contribution is 2.29. The first-order valence-corrected chi connectivity index (χ1v) is 8.85. The van der Waals surface area contributed by atoms with Crippen LogP contribution in [0.25, 0.3) is 11.3 Å². The van der Waals surface area contributed by atoms with Gasteiger partial charge in [0.25, 0.3) is 0 Å². The van der Waals surface area contributed by atoms with Crippen LogP contribution < -0.4 is 5.32 Å². The average molecular weight is 383 g/mol. The number of furan rings is 1. The number of carbonyl (C=O) groups excluding carboxylic acids is 1. The molecule has 0 unspecified atom stereocenters. The number of halogens is 2. The van der Waals surface area contributed by atoms with E-state index in [0.29, 0.717) is 18.9 Å². The summed E-state index contributed by atoms with van der Waals surface area (Å²) in [6.45, 7) is 5.32. The number of hydrogen-bond donors (Lipinski definition) is 1. The molecule has 3 rings (SSSR count). The Balaban J connectivity index is 0.00000225. The third-order valence-electron chi connectivity index (χ3n) is 4.45. The summed E-state index contributed by atoms with van der Waals surface area (Å²) in [5.74, 6) is 2.04. The lowest BCUT2D eigenvalue weighted by molar-refractivity contribution is -0.127. The van der Waals surface area contributed by atoms with Gasteiger partial charge >= 0.3 is 0 Å². The summed E-state index contributed by atoms with van der Waals surface area (Å²) in [4.78, 5) is 13.5. The Labute approximate surface area is 159 Å². The van der Waals surface area contributed by atoms with Gasteiger partial charge in [0, 0.05) is 30.1 Å². The lowest BCUT2D eigenvalue weighted by atomic mass is 10.1. The molecule has 1 N–H and O–H groups in total. The van der Waals surface area contributed by atoms with E-state index in [1.807, 2.05) is 42.2 Å². The first-order chi connectivity index (χ1) is 11.6. The third-order valence-corrected chi connectivity index (χ3v) is 4.86. The Bertz CT molecular complexity index is 715. The molecule has 4 nitrogen and oxygen atoms in total. The zero-order valence-electron chi connectivity index (χ0n) is 14.4. The van der Waals surface area contributed by atoms with Crippen LogP contribution >= 0.6 is 24.0 Å². The van der Waals surface area contributed by atoms with Gasteiger partial charge in [0.05, 0.1) is 6.54 Å². The number of amides is 1. The summed E-state index contributed by atoms with van der Waals surface area (Å²) >= 11 is 6.17. The van der Waals surface area contributed by atoms with Crippen molar-refractivity contribution < 1.29 is 9.21 Å². The van der Waals surface area contributed by atoms with Crippen molar-refractivity contribution in [2.75, 3.05) is 19.6 Å². The van der Waals surface area contributed by atoms with Gasteiger partial charge in [0.15, 0.2) is 0 Å². The van der Waals surface area contributed by atoms with E-state index >= 15 is 0 Å². The van der Waals surface area contributed by atoms with E-state index in [9.17, 15) is 4.79 Å². The lowest BCUT2D eigenvalue weighted by Crippen LogP contribution is -2.28. The summed E-state index contributed by atoms with van der Waals surface area (Å²) in [6, 6.07) is 9.82. The summed E-state index contributed by atoms with van der Waals surface area (Å²) < 4.78 is 5.92. The van der Waals surface area contributed by atoms with Gasteiger partial charge in [-0.15, -0.1) is 12.4 Å². The van der Waals surface area contributed by atoms with Crippen LogP contribution in [-0.2, 0) is 11.3 Å². The molecule has 0 bridgehead atoms. The predicted molar refractivity (Wildman–Crippen MR) is 103 cm³/mol. The van der Waals surface area contributed by atoms with E-state index in [1.54, 1.807) is 0 Å². The number of carbonyl (C=O) groups is 1. The maximum Gasteiger partial charge on any atom is 0.222 e. The molecule has 6 heteroatoms. The van der Waals surface area contributed by atoms with Crippen molar-refractivity contribution in [3.63, 3.8) is 0 Å². The minimum Gasteiger partial charge on any atom is -0.460 e. The van der Waals surface area contributed by atoms with Crippen molar-refractivity contribution >= 4 is 29.9 Å². The molecule has 1 aliphatic heterocycles. The van der Waals surface area contributed by atoms with Crippen LogP contribution in [0.2, 0.25) is 5.02 Å². The minimum absolute atomic E-state index is 0. The number of benzene rings is 1. The molecule has 1 saturated heterocycles. The van der Waals surface area contributed by atoms with Gasteiger partial charge in [-0.25, -0.2) is 0 Å². The van der Waals surface area contributed by atoms with E-state index in [-0.39, 0.29) is 12.4 Å². The SMILES string of the molecule is Cc1c(Cl)cccc1-c1ccc(CNCCCN2CCCC2=O)o1.Cl. The molecular weight excluding hydrogens is 359 g/mol. The van der Waals surface area contributed by atoms with Crippen LogP contribution in [0.1, 0.15) is 30.6 Å². The summed E-state index contributed by atoms with van der Waals surface area (Å²) in [5, 5.41) is 4.12. The molecule has 136 valence electrons. The molecule has 0 aliphatic carbocycles. The molecule has 1 aliphatic rings. The van der Waals surface area contributed by atoms with Crippen molar-refractivity contribution in [1.82, 2.24) is 10.2 Å². The normalized spacial score (nSPS) is 14.0. The highest BCUT2D eigenvalue weighted by Gasteiger charge is 2.18. The smallest absolute Gasteiger partial charge is 0.222 e. The van der Waals surface area contributed by atoms with E-state index in [2.05, 4.69) is 5.32 Å². The fourth-order valence-electron chi connectivity index (χ4n) is 3.04. The van der Waals surface area contributed by atoms with Crippen LogP contribution in [-0.4, -0.2) is 30.4 Å². The standard InChI is InChI=1S/C19H23ClN2O2.ClH/c1-14-16(5-2-6-17(14)20)18-9-8-15(24-18)13-21-10-4-12-22-11-3-7-19(22)23;/h2,5-6,8-9,21H,3-4,7,10-13H2,1H3;1H. The molecule has 0 atom stereocenters. The monoisotopic (exact) mass is 382 g/mol. The van der Waals surface area contributed by atoms with Gasteiger partial charge in [0.1, 0.15) is 11.5 Å². The van der Waals surface area contributed by atoms with Gasteiger partial charge in [0.2, 0.25) is 5.91 Å². The highest BCUT2D eigenvalue weighted by molar-refractivity contribution is 6.31. The van der Waals surface area contributed by atoms with Gasteiger partial charge in [-0.2, -0.15) is 0 Å². The molecule has 0 saturated carbocycles. The summed E-state index contributed by atoms with van der Waals surface area (Å²) in [5.41, 5.74) is 2.06. The van der Waals surface area contributed by atoms with E-state index in [1.165, 1.54) is 0 Å². The van der Waals surface area contributed by atoms with Gasteiger partial charge in [-0.1, -0.05) is 23.7 Å². The maximum atomic E-state index is 11.5. The number of likely N-dealkylation sites (tertiary alicyclic amines) is 1. The first kappa shape index (κ1) is 19.8. The number of nitrogens with zero attached hydrogens (tertiary/aromatic N) is 1. The van der Waals surface area contributed by atoms with Crippen molar-refractivity contribution in [1.29, 1.82) is 0 Å². The maximum absolute atomic E-state index is 11.5. The third kappa shape index (κ3) is 5.00. The van der Waals surface area contributed by atoms with Gasteiger partial charge in [-0.05, 0) is 50.1 Å². The largest absolute Gasteiger partial charge is 0.460 e. The Kier molecular flexibility index (Phi) is 7.36. The van der Waals surface area contributed by atoms with Crippen LogP contribution in [0.4, 0.5) is 0 Å². The number of nitrogens with one attached hydrogen (secondary N) is 1. The molecular formula is C19H24Cl2N2O2. The quantitative estimate of drug-likeness (QED) is 0.720. The molecule has 2 heterocycles. The minimum atomic E-state index is 0. The van der Waals surface area contributed by atoms with Crippen molar-refractivity contribution in [3.8, 4) is 11.3 Å². The molecule has 0 radical (unpaired) electrons. The Morgan fingerprint density at radius 3 is 2.88 bits per heavy atom. The van der Waals surface area contributed by atoms with Gasteiger partial charge in [-0.3, -0.25) is 4.79 Å². The summed E-state index contributed by atoms with van der Waals surface area (Å²) in [7, 11) is 0. The topological polar surface area (TPSA) is 45.5 Å². The second kappa shape index (κ2) is 9.27. The average Bonchev–Trinajstić information content (AvgIpc) is 3.19. The van der Waals surface area contributed by atoms with Crippen molar-refractivity contribution in [3.05, 3.63) is 46.7 Å². The summed E-state index contributed by atoms with van der Waals surface area (Å²) in [6.07, 6.45) is 2.68. The fraction of sp³-hybridized carbons (Fsp3) is 0.421. The molecule has 1 aromatic carbocycles. The van der Waals surface area contributed by atoms with Crippen LogP contribution in [0, 0.1) is 6.92 Å². The Morgan fingerprint density at radius 2 is 2.12 bits per heavy atom. The van der Waals surface area contributed by atoms with Crippen molar-refractivity contribution in [2.45, 2.75) is 32.7 Å². The Hall–Kier alpha value is -1.49. The van der Waals surface area contributed by atoms with E-state index in [0.717, 1.165) is 60.1 Å². The molecule has 1 amide bonds. The zero-order chi connectivity index (χ0) is 16.9. The molecule has 1 fully saturated rings. The van der Waals surface area contributed by atoms with E-state index in [4.69, 9.17) is 16.0 Å². The molecule has 1 aromatic heterocycles. The molecule has 0 spiro atoms. The van der Waals surface area contributed by atoms with Crippen LogP contribution in [0.5, 0.6) is 0 Å². The number of rotatable bonds is 7. The second-order valence-electron chi connectivity index (χ2n) is 6.19. The second-order valence-corrected chi connectivity index (χ2v) is 6.60. The van der Waals surface area contributed by atoms with E-state index < -0.39 is 0 Å². The first-order valence-electron chi connectivity index (χ1n) is 8.48. The fourth-order valence-corrected chi connectivity index (χ4v) is 3.21. The molecule has 2 aromatic rings. The lowest BCUT2D eigenvalue weighted by Gasteiger charge is -2.15. The predicted octanol–water partition coefficient (Wildman–Crippen LogP) is 4.43. The van der Waals surface area contributed by atoms with Crippen molar-refractivity contribution in [2.24, 2.45) is 0 Å². The van der Waals surface area contributed by atoms with Crippen LogP contribution in [0.15, 0.2) is 34.7 Å². The van der Waals surface area contributed by atoms with Gasteiger partial charge < -0.3 is 14.6 Å². The highest BCUT2D eigenvalue weighted by atomic mass is 35.5. The number of hydrogen-bond acceptors (Lipinski definition) is 3. The van der Waals surface area contributed by atoms with Crippen LogP contribution in [0.3, 0.4) is 0 Å². The molecule has 25 heavy (non-hydrogen) atoms. The Morgan fingerprint density at radius 1 is 1.28 bits per heavy atom.